The van der Waals surface area contributed by atoms with Crippen molar-refractivity contribution in [3.05, 3.63) is 40.8 Å². The first-order chi connectivity index (χ1) is 8.51. The third kappa shape index (κ3) is 1.58. The van der Waals surface area contributed by atoms with Gasteiger partial charge in [0.25, 0.3) is 0 Å². The highest BCUT2D eigenvalue weighted by Crippen LogP contribution is 2.61. The van der Waals surface area contributed by atoms with Gasteiger partial charge in [0.1, 0.15) is 0 Å². The van der Waals surface area contributed by atoms with Crippen LogP contribution < -0.4 is 0 Å². The molecule has 2 heteroatoms. The fourth-order valence-corrected chi connectivity index (χ4v) is 4.43. The van der Waals surface area contributed by atoms with Crippen LogP contribution in [-0.4, -0.2) is 5.78 Å². The van der Waals surface area contributed by atoms with Crippen LogP contribution in [0.25, 0.3) is 0 Å². The summed E-state index contributed by atoms with van der Waals surface area (Å²) in [6.45, 7) is 6.61. The molecule has 0 saturated heterocycles. The van der Waals surface area contributed by atoms with Crippen LogP contribution in [0.1, 0.15) is 27.2 Å². The van der Waals surface area contributed by atoms with E-state index in [-0.39, 0.29) is 11.3 Å². The molecule has 1 fully saturated rings. The normalized spacial score (nSPS) is 29.2. The van der Waals surface area contributed by atoms with Crippen molar-refractivity contribution in [1.29, 1.82) is 0 Å². The predicted molar refractivity (Wildman–Crippen MR) is 75.4 cm³/mol. The first-order valence-electron chi connectivity index (χ1n) is 6.49. The van der Waals surface area contributed by atoms with Crippen molar-refractivity contribution < 1.29 is 4.79 Å². The van der Waals surface area contributed by atoms with E-state index in [0.29, 0.717) is 11.7 Å². The maximum Gasteiger partial charge on any atom is 0.173 e. The minimum absolute atomic E-state index is 0.182. The SMILES string of the molecule is CC1=C(Sc2ccccc2)C(=O)[C@@H]2CC1C2(C)C. The van der Waals surface area contributed by atoms with Crippen LogP contribution in [0.15, 0.2) is 45.7 Å². The Morgan fingerprint density at radius 3 is 2.39 bits per heavy atom. The molecule has 3 aliphatic rings. The average molecular weight is 258 g/mol. The molecule has 1 unspecified atom stereocenters. The number of carbonyl (C=O) groups excluding carboxylic acids is 1. The molecule has 0 spiro atoms. The topological polar surface area (TPSA) is 17.1 Å². The van der Waals surface area contributed by atoms with Crippen LogP contribution in [0.2, 0.25) is 0 Å². The Balaban J connectivity index is 1.94. The largest absolute Gasteiger partial charge is 0.293 e. The van der Waals surface area contributed by atoms with Crippen molar-refractivity contribution in [3.8, 4) is 0 Å². The quantitative estimate of drug-likeness (QED) is 0.787. The van der Waals surface area contributed by atoms with Gasteiger partial charge in [-0.2, -0.15) is 0 Å². The Labute approximate surface area is 113 Å². The minimum Gasteiger partial charge on any atom is -0.293 e. The maximum absolute atomic E-state index is 12.5. The zero-order valence-electron chi connectivity index (χ0n) is 11.1. The predicted octanol–water partition coefficient (Wildman–Crippen LogP) is 4.30. The summed E-state index contributed by atoms with van der Waals surface area (Å²) < 4.78 is 0. The lowest BCUT2D eigenvalue weighted by molar-refractivity contribution is -0.134. The van der Waals surface area contributed by atoms with E-state index in [1.807, 2.05) is 18.2 Å². The summed E-state index contributed by atoms with van der Waals surface area (Å²) in [5.74, 6) is 1.22. The van der Waals surface area contributed by atoms with E-state index >= 15 is 0 Å². The number of allylic oxidation sites excluding steroid dienone is 2. The fraction of sp³-hybridized carbons (Fsp3) is 0.438. The number of Topliss-reactive ketones (excluding diaryl/α,β-unsaturated/α-hetero) is 1. The number of ketones is 1. The molecular weight excluding hydrogens is 240 g/mol. The highest BCUT2D eigenvalue weighted by molar-refractivity contribution is 8.04. The molecule has 0 aromatic heterocycles. The second-order valence-corrected chi connectivity index (χ2v) is 7.04. The summed E-state index contributed by atoms with van der Waals surface area (Å²) >= 11 is 1.65. The zero-order valence-corrected chi connectivity index (χ0v) is 11.9. The smallest absolute Gasteiger partial charge is 0.173 e. The Bertz CT molecular complexity index is 527. The molecule has 2 atom stereocenters. The third-order valence-electron chi connectivity index (χ3n) is 4.65. The standard InChI is InChI=1S/C16H18OS/c1-10-12-9-13(16(12,2)3)14(17)15(10)18-11-7-5-4-6-8-11/h4-8,12-13H,9H2,1-3H3/t12?,13-/m0/s1. The molecule has 3 aliphatic carbocycles. The van der Waals surface area contributed by atoms with Crippen LogP contribution >= 0.6 is 11.8 Å². The van der Waals surface area contributed by atoms with E-state index in [2.05, 4.69) is 32.9 Å². The summed E-state index contributed by atoms with van der Waals surface area (Å²) in [5.41, 5.74) is 1.49. The first-order valence-corrected chi connectivity index (χ1v) is 7.31. The van der Waals surface area contributed by atoms with Crippen molar-refractivity contribution in [3.63, 3.8) is 0 Å². The van der Waals surface area contributed by atoms with Gasteiger partial charge in [0.2, 0.25) is 0 Å². The Hall–Kier alpha value is -1.02. The third-order valence-corrected chi connectivity index (χ3v) is 5.89. The molecule has 94 valence electrons. The molecule has 0 aliphatic heterocycles. The second-order valence-electron chi connectivity index (χ2n) is 5.95. The summed E-state index contributed by atoms with van der Waals surface area (Å²) in [6, 6.07) is 10.2. The molecule has 1 nitrogen and oxygen atoms in total. The molecule has 0 heterocycles. The number of rotatable bonds is 2. The highest BCUT2D eigenvalue weighted by atomic mass is 32.2. The highest BCUT2D eigenvalue weighted by Gasteiger charge is 2.56. The van der Waals surface area contributed by atoms with E-state index in [1.54, 1.807) is 11.8 Å². The number of benzene rings is 1. The average Bonchev–Trinajstić information content (AvgIpc) is 2.34. The van der Waals surface area contributed by atoms with E-state index in [9.17, 15) is 4.79 Å². The molecule has 1 aromatic rings. The van der Waals surface area contributed by atoms with Crippen molar-refractivity contribution >= 4 is 17.5 Å². The van der Waals surface area contributed by atoms with Gasteiger partial charge in [0, 0.05) is 10.8 Å². The molecule has 0 N–H and O–H groups in total. The lowest BCUT2D eigenvalue weighted by Crippen LogP contribution is -2.53. The van der Waals surface area contributed by atoms with Crippen LogP contribution in [0.3, 0.4) is 0 Å². The van der Waals surface area contributed by atoms with Gasteiger partial charge < -0.3 is 0 Å². The van der Waals surface area contributed by atoms with Gasteiger partial charge in [-0.1, -0.05) is 49.4 Å². The van der Waals surface area contributed by atoms with Crippen LogP contribution in [-0.2, 0) is 4.79 Å². The summed E-state index contributed by atoms with van der Waals surface area (Å²) in [5, 5.41) is 0. The van der Waals surface area contributed by atoms with Gasteiger partial charge in [-0.25, -0.2) is 0 Å². The maximum atomic E-state index is 12.5. The van der Waals surface area contributed by atoms with Crippen molar-refractivity contribution in [2.45, 2.75) is 32.1 Å². The van der Waals surface area contributed by atoms with Crippen LogP contribution in [0, 0.1) is 17.3 Å². The second kappa shape index (κ2) is 3.99. The molecule has 18 heavy (non-hydrogen) atoms. The van der Waals surface area contributed by atoms with Crippen molar-refractivity contribution in [2.24, 2.45) is 17.3 Å². The molecule has 1 saturated carbocycles. The minimum atomic E-state index is 0.182. The Morgan fingerprint density at radius 2 is 1.83 bits per heavy atom. The van der Waals surface area contributed by atoms with Gasteiger partial charge in [-0.15, -0.1) is 0 Å². The Kier molecular flexibility index (Phi) is 2.67. The van der Waals surface area contributed by atoms with E-state index < -0.39 is 0 Å². The lowest BCUT2D eigenvalue weighted by Gasteiger charge is -2.56. The summed E-state index contributed by atoms with van der Waals surface area (Å²) in [6.07, 6.45) is 1.07. The van der Waals surface area contributed by atoms with Gasteiger partial charge >= 0.3 is 0 Å². The number of fused-ring (bicyclic) bond motifs is 1. The summed E-state index contributed by atoms with van der Waals surface area (Å²) in [4.78, 5) is 14.7. The number of hydrogen-bond donors (Lipinski definition) is 0. The molecule has 4 rings (SSSR count). The first kappa shape index (κ1) is 12.0. The van der Waals surface area contributed by atoms with Crippen LogP contribution in [0.4, 0.5) is 0 Å². The zero-order chi connectivity index (χ0) is 12.9. The Morgan fingerprint density at radius 1 is 1.17 bits per heavy atom. The van der Waals surface area contributed by atoms with Crippen LogP contribution in [0.5, 0.6) is 0 Å². The number of carbonyl (C=O) groups is 1. The number of hydrogen-bond acceptors (Lipinski definition) is 2. The lowest BCUT2D eigenvalue weighted by atomic mass is 9.48. The number of thioether (sulfide) groups is 1. The van der Waals surface area contributed by atoms with Gasteiger partial charge in [0.05, 0.1) is 4.91 Å². The molecule has 0 radical (unpaired) electrons. The summed E-state index contributed by atoms with van der Waals surface area (Å²) in [7, 11) is 0. The van der Waals surface area contributed by atoms with Gasteiger partial charge in [0.15, 0.2) is 5.78 Å². The fourth-order valence-electron chi connectivity index (χ4n) is 3.35. The van der Waals surface area contributed by atoms with E-state index in [0.717, 1.165) is 11.3 Å². The van der Waals surface area contributed by atoms with Gasteiger partial charge in [-0.3, -0.25) is 4.79 Å². The van der Waals surface area contributed by atoms with E-state index in [1.165, 1.54) is 10.5 Å². The molecular formula is C16H18OS. The molecule has 2 bridgehead atoms. The van der Waals surface area contributed by atoms with Gasteiger partial charge in [-0.05, 0) is 36.8 Å². The van der Waals surface area contributed by atoms with Crippen molar-refractivity contribution in [2.75, 3.05) is 0 Å². The van der Waals surface area contributed by atoms with Crippen molar-refractivity contribution in [1.82, 2.24) is 0 Å². The monoisotopic (exact) mass is 258 g/mol. The van der Waals surface area contributed by atoms with E-state index in [4.69, 9.17) is 0 Å². The molecule has 0 amide bonds. The molecule has 1 aromatic carbocycles.